The molecule has 0 spiro atoms. The van der Waals surface area contributed by atoms with Crippen LogP contribution in [0.2, 0.25) is 0 Å². The zero-order chi connectivity index (χ0) is 24.2. The molecular weight excluding hydrogens is 460 g/mol. The molecule has 4 heterocycles. The molecule has 9 heteroatoms. The summed E-state index contributed by atoms with van der Waals surface area (Å²) in [6, 6.07) is 21.2. The number of nitrogens with zero attached hydrogens (tertiary/aromatic N) is 4. The summed E-state index contributed by atoms with van der Waals surface area (Å²) in [6.07, 6.45) is 7.38. The smallest absolute Gasteiger partial charge is 0.250 e. The van der Waals surface area contributed by atoms with Crippen molar-refractivity contribution < 1.29 is 9.53 Å². The van der Waals surface area contributed by atoms with Crippen molar-refractivity contribution in [2.75, 3.05) is 23.9 Å². The molecule has 1 fully saturated rings. The molecule has 1 amide bonds. The molecule has 2 atom stereocenters. The van der Waals surface area contributed by atoms with Crippen molar-refractivity contribution in [3.8, 4) is 5.69 Å². The Hall–Kier alpha value is -4.08. The Morgan fingerprint density at radius 1 is 1.03 bits per heavy atom. The highest BCUT2D eigenvalue weighted by molar-refractivity contribution is 7.80. The van der Waals surface area contributed by atoms with Gasteiger partial charge < -0.3 is 24.8 Å². The fourth-order valence-corrected chi connectivity index (χ4v) is 4.69. The second kappa shape index (κ2) is 10.0. The number of nitrogens with one attached hydrogen (secondary N) is 2. The average molecular weight is 485 g/mol. The number of hydrogen-bond acceptors (Lipinski definition) is 5. The van der Waals surface area contributed by atoms with Crippen LogP contribution in [0.5, 0.6) is 0 Å². The molecule has 4 aromatic rings. The van der Waals surface area contributed by atoms with Crippen LogP contribution >= 0.6 is 12.2 Å². The molecule has 35 heavy (non-hydrogen) atoms. The van der Waals surface area contributed by atoms with E-state index in [2.05, 4.69) is 36.1 Å². The van der Waals surface area contributed by atoms with Crippen LogP contribution in [0.1, 0.15) is 23.5 Å². The topological polar surface area (TPSA) is 84.3 Å². The number of carbonyl (C=O) groups excluding carboxylic acids is 1. The number of anilines is 2. The lowest BCUT2D eigenvalue weighted by molar-refractivity contribution is -0.119. The zero-order valence-electron chi connectivity index (χ0n) is 19.0. The van der Waals surface area contributed by atoms with E-state index in [9.17, 15) is 4.79 Å². The van der Waals surface area contributed by atoms with Crippen molar-refractivity contribution in [1.29, 1.82) is 0 Å². The van der Waals surface area contributed by atoms with Crippen LogP contribution in [-0.2, 0) is 9.53 Å². The van der Waals surface area contributed by atoms with E-state index in [1.54, 1.807) is 18.6 Å². The fourth-order valence-electron chi connectivity index (χ4n) is 4.34. The number of benzene rings is 1. The quantitative estimate of drug-likeness (QED) is 0.383. The molecule has 0 bridgehead atoms. The first-order valence-electron chi connectivity index (χ1n) is 11.1. The molecular formula is C26H24N6O2S. The zero-order valence-corrected chi connectivity index (χ0v) is 19.9. The monoisotopic (exact) mass is 484 g/mol. The third-order valence-electron chi connectivity index (χ3n) is 5.83. The first kappa shape index (κ1) is 22.7. The van der Waals surface area contributed by atoms with Crippen LogP contribution in [0, 0.1) is 0 Å². The predicted molar refractivity (Wildman–Crippen MR) is 138 cm³/mol. The van der Waals surface area contributed by atoms with Crippen LogP contribution in [0.25, 0.3) is 5.69 Å². The summed E-state index contributed by atoms with van der Waals surface area (Å²) < 4.78 is 7.04. The van der Waals surface area contributed by atoms with E-state index in [0.29, 0.717) is 10.8 Å². The van der Waals surface area contributed by atoms with Crippen molar-refractivity contribution in [2.45, 2.75) is 12.1 Å². The molecule has 3 aromatic heterocycles. The van der Waals surface area contributed by atoms with Crippen molar-refractivity contribution >= 4 is 34.6 Å². The van der Waals surface area contributed by atoms with Crippen LogP contribution < -0.4 is 15.5 Å². The Kier molecular flexibility index (Phi) is 6.51. The van der Waals surface area contributed by atoms with Gasteiger partial charge in [0.05, 0.1) is 11.7 Å². The van der Waals surface area contributed by atoms with Crippen molar-refractivity contribution in [1.82, 2.24) is 19.9 Å². The molecule has 176 valence electrons. The minimum Gasteiger partial charge on any atom is -0.375 e. The van der Waals surface area contributed by atoms with Crippen molar-refractivity contribution in [3.63, 3.8) is 0 Å². The van der Waals surface area contributed by atoms with E-state index in [-0.39, 0.29) is 24.6 Å². The number of pyridine rings is 2. The van der Waals surface area contributed by atoms with Gasteiger partial charge in [0.25, 0.3) is 0 Å². The largest absolute Gasteiger partial charge is 0.375 e. The summed E-state index contributed by atoms with van der Waals surface area (Å²) in [5.74, 6) is -0.207. The lowest BCUT2D eigenvalue weighted by Gasteiger charge is -2.29. The number of methoxy groups -OCH3 is 1. The summed E-state index contributed by atoms with van der Waals surface area (Å²) in [4.78, 5) is 22.8. The van der Waals surface area contributed by atoms with Gasteiger partial charge in [0.2, 0.25) is 5.91 Å². The summed E-state index contributed by atoms with van der Waals surface area (Å²) >= 11 is 5.83. The number of hydrogen-bond donors (Lipinski definition) is 2. The van der Waals surface area contributed by atoms with Gasteiger partial charge in [-0.25, -0.2) is 0 Å². The molecule has 5 rings (SSSR count). The van der Waals surface area contributed by atoms with Crippen LogP contribution in [0.4, 0.5) is 11.4 Å². The van der Waals surface area contributed by atoms with Gasteiger partial charge in [0, 0.05) is 54.7 Å². The van der Waals surface area contributed by atoms with E-state index in [4.69, 9.17) is 17.0 Å². The maximum atomic E-state index is 11.9. The van der Waals surface area contributed by atoms with Crippen LogP contribution in [0.15, 0.2) is 91.5 Å². The molecule has 2 N–H and O–H groups in total. The van der Waals surface area contributed by atoms with Gasteiger partial charge >= 0.3 is 0 Å². The van der Waals surface area contributed by atoms with Gasteiger partial charge in [-0.1, -0.05) is 6.07 Å². The van der Waals surface area contributed by atoms with Crippen molar-refractivity contribution in [3.05, 3.63) is 103 Å². The maximum Gasteiger partial charge on any atom is 0.250 e. The predicted octanol–water partition coefficient (Wildman–Crippen LogP) is 4.03. The van der Waals surface area contributed by atoms with Gasteiger partial charge in [-0.2, -0.15) is 0 Å². The highest BCUT2D eigenvalue weighted by atomic mass is 32.1. The number of ether oxygens (including phenoxy) is 1. The number of aromatic nitrogens is 3. The Morgan fingerprint density at radius 2 is 1.83 bits per heavy atom. The number of rotatable bonds is 7. The minimum atomic E-state index is -0.207. The highest BCUT2D eigenvalue weighted by Crippen LogP contribution is 2.42. The average Bonchev–Trinajstić information content (AvgIpc) is 3.50. The van der Waals surface area contributed by atoms with Gasteiger partial charge in [0.1, 0.15) is 12.6 Å². The second-order valence-electron chi connectivity index (χ2n) is 8.03. The van der Waals surface area contributed by atoms with Gasteiger partial charge in [-0.15, -0.1) is 0 Å². The normalized spacial score (nSPS) is 17.3. The third kappa shape index (κ3) is 4.64. The highest BCUT2D eigenvalue weighted by Gasteiger charge is 2.42. The first-order valence-corrected chi connectivity index (χ1v) is 11.5. The van der Waals surface area contributed by atoms with E-state index in [1.807, 2.05) is 66.9 Å². The summed E-state index contributed by atoms with van der Waals surface area (Å²) in [7, 11) is 1.49. The maximum absolute atomic E-state index is 11.9. The Balaban J connectivity index is 1.55. The van der Waals surface area contributed by atoms with E-state index in [1.165, 1.54) is 7.11 Å². The molecule has 8 nitrogen and oxygen atoms in total. The third-order valence-corrected chi connectivity index (χ3v) is 6.14. The molecule has 0 unspecified atom stereocenters. The van der Waals surface area contributed by atoms with E-state index < -0.39 is 0 Å². The lowest BCUT2D eigenvalue weighted by atomic mass is 10.0. The van der Waals surface area contributed by atoms with Gasteiger partial charge in [-0.05, 0) is 72.9 Å². The molecule has 1 saturated heterocycles. The molecule has 1 aliphatic heterocycles. The molecule has 1 aromatic carbocycles. The molecule has 0 saturated carbocycles. The molecule has 0 radical (unpaired) electrons. The Morgan fingerprint density at radius 3 is 2.54 bits per heavy atom. The van der Waals surface area contributed by atoms with Crippen LogP contribution in [0.3, 0.4) is 0 Å². The van der Waals surface area contributed by atoms with E-state index >= 15 is 0 Å². The van der Waals surface area contributed by atoms with Crippen molar-refractivity contribution in [2.24, 2.45) is 0 Å². The number of thiocarbonyl (C=S) groups is 1. The molecule has 1 aliphatic rings. The molecule has 0 aliphatic carbocycles. The first-order chi connectivity index (χ1) is 17.2. The lowest BCUT2D eigenvalue weighted by Crippen LogP contribution is -2.30. The summed E-state index contributed by atoms with van der Waals surface area (Å²) in [6.45, 7) is 0.00169. The van der Waals surface area contributed by atoms with Gasteiger partial charge in [0.15, 0.2) is 5.11 Å². The Labute approximate surface area is 208 Å². The second-order valence-corrected chi connectivity index (χ2v) is 8.42. The summed E-state index contributed by atoms with van der Waals surface area (Å²) in [5, 5.41) is 6.91. The number of carbonyl (C=O) groups is 1. The minimum absolute atomic E-state index is 0.00169. The number of amides is 1. The SMILES string of the molecule is COCC(=O)Nc1ccc(N2C(=S)N[C@@H](c3ccccn3)[C@H]2c2cccn2-c2ccncc2)cc1. The fraction of sp³-hybridized carbons (Fsp3) is 0.154. The standard InChI is InChI=1S/C26H24N6O2S/c1-34-17-23(33)29-18-7-9-20(10-8-18)32-25(24(30-26(32)35)21-5-2-3-13-28-21)22-6-4-16-31(22)19-11-14-27-15-12-19/h2-16,24-25H,17H2,1H3,(H,29,33)(H,30,35)/t24-,25+/m0/s1. The Bertz CT molecular complexity index is 1310. The summed E-state index contributed by atoms with van der Waals surface area (Å²) in [5.41, 5.74) is 4.55. The van der Waals surface area contributed by atoms with E-state index in [0.717, 1.165) is 22.8 Å². The van der Waals surface area contributed by atoms with Gasteiger partial charge in [-0.3, -0.25) is 14.8 Å². The van der Waals surface area contributed by atoms with Crippen LogP contribution in [-0.4, -0.2) is 39.3 Å².